The van der Waals surface area contributed by atoms with Gasteiger partial charge in [0, 0.05) is 6.07 Å². The van der Waals surface area contributed by atoms with Gasteiger partial charge in [-0.1, -0.05) is 20.8 Å². The standard InChI is InChI=1S/C13H19FN2O2/c1-13(2,3)11(15)12(17)16-10-7-8(18-4)5-6-9(10)14/h5-7,11H,15H2,1-4H3,(H,16,17)/t11-/m0/s1. The first kappa shape index (κ1) is 14.4. The van der Waals surface area contributed by atoms with Crippen LogP contribution in [0, 0.1) is 11.2 Å². The molecule has 0 bridgehead atoms. The molecule has 4 nitrogen and oxygen atoms in total. The van der Waals surface area contributed by atoms with Gasteiger partial charge in [0.05, 0.1) is 18.8 Å². The lowest BCUT2D eigenvalue weighted by Gasteiger charge is -2.25. The van der Waals surface area contributed by atoms with Crippen LogP contribution in [-0.4, -0.2) is 19.1 Å². The third-order valence-corrected chi connectivity index (χ3v) is 2.65. The first-order valence-electron chi connectivity index (χ1n) is 5.65. The Kier molecular flexibility index (Phi) is 4.29. The number of hydrogen-bond donors (Lipinski definition) is 2. The number of halogens is 1. The van der Waals surface area contributed by atoms with Gasteiger partial charge in [0.1, 0.15) is 11.6 Å². The summed E-state index contributed by atoms with van der Waals surface area (Å²) in [5, 5.41) is 2.47. The van der Waals surface area contributed by atoms with Gasteiger partial charge in [-0.05, 0) is 17.5 Å². The average Bonchev–Trinajstić information content (AvgIpc) is 2.29. The van der Waals surface area contributed by atoms with Crippen LogP contribution in [0.3, 0.4) is 0 Å². The van der Waals surface area contributed by atoms with E-state index in [2.05, 4.69) is 5.32 Å². The maximum absolute atomic E-state index is 13.5. The topological polar surface area (TPSA) is 64.3 Å². The van der Waals surface area contributed by atoms with Crippen molar-refractivity contribution in [3.63, 3.8) is 0 Å². The molecule has 100 valence electrons. The van der Waals surface area contributed by atoms with Gasteiger partial charge >= 0.3 is 0 Å². The Hall–Kier alpha value is -1.62. The van der Waals surface area contributed by atoms with Crippen LogP contribution >= 0.6 is 0 Å². The largest absolute Gasteiger partial charge is 0.497 e. The molecule has 0 saturated carbocycles. The molecule has 0 unspecified atom stereocenters. The number of anilines is 1. The van der Waals surface area contributed by atoms with E-state index in [1.54, 1.807) is 0 Å². The molecule has 3 N–H and O–H groups in total. The number of nitrogens with two attached hydrogens (primary N) is 1. The van der Waals surface area contributed by atoms with Crippen molar-refractivity contribution >= 4 is 11.6 Å². The summed E-state index contributed by atoms with van der Waals surface area (Å²) < 4.78 is 18.5. The molecule has 0 saturated heterocycles. The van der Waals surface area contributed by atoms with Crippen molar-refractivity contribution in [1.82, 2.24) is 0 Å². The van der Waals surface area contributed by atoms with Gasteiger partial charge in [0.15, 0.2) is 0 Å². The van der Waals surface area contributed by atoms with Gasteiger partial charge in [-0.15, -0.1) is 0 Å². The van der Waals surface area contributed by atoms with Gasteiger partial charge in [0.2, 0.25) is 5.91 Å². The fourth-order valence-corrected chi connectivity index (χ4v) is 1.33. The van der Waals surface area contributed by atoms with Crippen LogP contribution in [0.15, 0.2) is 18.2 Å². The first-order valence-corrected chi connectivity index (χ1v) is 5.65. The maximum atomic E-state index is 13.5. The van der Waals surface area contributed by atoms with E-state index in [4.69, 9.17) is 10.5 Å². The summed E-state index contributed by atoms with van der Waals surface area (Å²) in [7, 11) is 1.47. The third kappa shape index (κ3) is 3.43. The van der Waals surface area contributed by atoms with Crippen LogP contribution in [0.1, 0.15) is 20.8 Å². The number of hydrogen-bond acceptors (Lipinski definition) is 3. The number of nitrogens with one attached hydrogen (secondary N) is 1. The van der Waals surface area contributed by atoms with Crippen LogP contribution in [0.4, 0.5) is 10.1 Å². The average molecular weight is 254 g/mol. The second-order valence-electron chi connectivity index (χ2n) is 5.18. The SMILES string of the molecule is COc1ccc(F)c(NC(=O)[C@H](N)C(C)(C)C)c1. The predicted octanol–water partition coefficient (Wildman–Crippen LogP) is 2.15. The fraction of sp³-hybridized carbons (Fsp3) is 0.462. The zero-order chi connectivity index (χ0) is 13.9. The Labute approximate surface area is 106 Å². The number of carbonyl (C=O) groups excluding carboxylic acids is 1. The van der Waals surface area contributed by atoms with E-state index in [0.717, 1.165) is 0 Å². The zero-order valence-corrected chi connectivity index (χ0v) is 11.1. The van der Waals surface area contributed by atoms with E-state index in [-0.39, 0.29) is 11.1 Å². The molecule has 0 spiro atoms. The molecule has 5 heteroatoms. The van der Waals surface area contributed by atoms with E-state index >= 15 is 0 Å². The number of carbonyl (C=O) groups is 1. The second-order valence-corrected chi connectivity index (χ2v) is 5.18. The van der Waals surface area contributed by atoms with Crippen LogP contribution in [0.5, 0.6) is 5.75 Å². The number of ether oxygens (including phenoxy) is 1. The zero-order valence-electron chi connectivity index (χ0n) is 11.1. The molecule has 0 aliphatic carbocycles. The van der Waals surface area contributed by atoms with Crippen molar-refractivity contribution in [3.8, 4) is 5.75 Å². The molecular weight excluding hydrogens is 235 g/mol. The van der Waals surface area contributed by atoms with Crippen molar-refractivity contribution in [3.05, 3.63) is 24.0 Å². The highest BCUT2D eigenvalue weighted by Crippen LogP contribution is 2.23. The molecule has 0 aliphatic rings. The molecule has 0 aliphatic heterocycles. The minimum atomic E-state index is -0.719. The highest BCUT2D eigenvalue weighted by molar-refractivity contribution is 5.95. The summed E-state index contributed by atoms with van der Waals surface area (Å²) in [4.78, 5) is 11.9. The Balaban J connectivity index is 2.88. The second kappa shape index (κ2) is 5.35. The highest BCUT2D eigenvalue weighted by Gasteiger charge is 2.27. The normalized spacial score (nSPS) is 13.0. The van der Waals surface area contributed by atoms with E-state index in [0.29, 0.717) is 5.75 Å². The van der Waals surface area contributed by atoms with Crippen molar-refractivity contribution in [2.45, 2.75) is 26.8 Å². The maximum Gasteiger partial charge on any atom is 0.241 e. The Bertz CT molecular complexity index is 441. The lowest BCUT2D eigenvalue weighted by Crippen LogP contribution is -2.45. The summed E-state index contributed by atoms with van der Waals surface area (Å²) in [5.74, 6) is -0.476. The number of methoxy groups -OCH3 is 1. The molecule has 1 atom stereocenters. The molecule has 1 rings (SSSR count). The predicted molar refractivity (Wildman–Crippen MR) is 69.0 cm³/mol. The molecule has 0 aromatic heterocycles. The van der Waals surface area contributed by atoms with Gasteiger partial charge in [-0.2, -0.15) is 0 Å². The highest BCUT2D eigenvalue weighted by atomic mass is 19.1. The Morgan fingerprint density at radius 1 is 1.44 bits per heavy atom. The van der Waals surface area contributed by atoms with Gasteiger partial charge < -0.3 is 15.8 Å². The molecule has 1 aromatic carbocycles. The van der Waals surface area contributed by atoms with E-state index < -0.39 is 17.8 Å². The Morgan fingerprint density at radius 2 is 2.06 bits per heavy atom. The molecule has 0 fully saturated rings. The van der Waals surface area contributed by atoms with Crippen molar-refractivity contribution in [2.24, 2.45) is 11.1 Å². The van der Waals surface area contributed by atoms with Crippen molar-refractivity contribution in [1.29, 1.82) is 0 Å². The molecular formula is C13H19FN2O2. The van der Waals surface area contributed by atoms with Crippen LogP contribution in [0.25, 0.3) is 0 Å². The summed E-state index contributed by atoms with van der Waals surface area (Å²) in [6.45, 7) is 5.54. The molecule has 18 heavy (non-hydrogen) atoms. The van der Waals surface area contributed by atoms with E-state index in [1.807, 2.05) is 20.8 Å². The first-order chi connectivity index (χ1) is 8.25. The quantitative estimate of drug-likeness (QED) is 0.868. The van der Waals surface area contributed by atoms with Gasteiger partial charge in [-0.3, -0.25) is 4.79 Å². The molecule has 0 radical (unpaired) electrons. The summed E-state index contributed by atoms with van der Waals surface area (Å²) in [6, 6.07) is 3.41. The number of benzene rings is 1. The van der Waals surface area contributed by atoms with E-state index in [1.165, 1.54) is 25.3 Å². The molecule has 1 amide bonds. The van der Waals surface area contributed by atoms with Crippen LogP contribution in [0.2, 0.25) is 0 Å². The minimum absolute atomic E-state index is 0.0686. The van der Waals surface area contributed by atoms with E-state index in [9.17, 15) is 9.18 Å². The summed E-state index contributed by atoms with van der Waals surface area (Å²) >= 11 is 0. The summed E-state index contributed by atoms with van der Waals surface area (Å²) in [5.41, 5.74) is 5.48. The monoisotopic (exact) mass is 254 g/mol. The third-order valence-electron chi connectivity index (χ3n) is 2.65. The Morgan fingerprint density at radius 3 is 2.56 bits per heavy atom. The number of amides is 1. The van der Waals surface area contributed by atoms with Crippen LogP contribution in [-0.2, 0) is 4.79 Å². The van der Waals surface area contributed by atoms with Gasteiger partial charge in [-0.25, -0.2) is 4.39 Å². The summed E-state index contributed by atoms with van der Waals surface area (Å²) in [6.07, 6.45) is 0. The number of rotatable bonds is 3. The minimum Gasteiger partial charge on any atom is -0.497 e. The van der Waals surface area contributed by atoms with Crippen molar-refractivity contribution < 1.29 is 13.9 Å². The van der Waals surface area contributed by atoms with Crippen molar-refractivity contribution in [2.75, 3.05) is 12.4 Å². The van der Waals surface area contributed by atoms with Crippen LogP contribution < -0.4 is 15.8 Å². The fourth-order valence-electron chi connectivity index (χ4n) is 1.33. The lowest BCUT2D eigenvalue weighted by atomic mass is 9.87. The molecule has 0 heterocycles. The molecule has 1 aromatic rings. The van der Waals surface area contributed by atoms with Gasteiger partial charge in [0.25, 0.3) is 0 Å². The smallest absolute Gasteiger partial charge is 0.241 e. The lowest BCUT2D eigenvalue weighted by molar-refractivity contribution is -0.119.